The third kappa shape index (κ3) is 4.15. The predicted octanol–water partition coefficient (Wildman–Crippen LogP) is 2.01. The molecule has 0 radical (unpaired) electrons. The van der Waals surface area contributed by atoms with Gasteiger partial charge in [-0.2, -0.15) is 5.10 Å². The lowest BCUT2D eigenvalue weighted by atomic mass is 9.82. The fourth-order valence-corrected chi connectivity index (χ4v) is 6.06. The summed E-state index contributed by atoms with van der Waals surface area (Å²) in [4.78, 5) is 33.4. The molecular formula is C24H30F2N6O3. The van der Waals surface area contributed by atoms with Crippen molar-refractivity contribution in [3.63, 3.8) is 0 Å². The van der Waals surface area contributed by atoms with Crippen molar-refractivity contribution in [3.05, 3.63) is 29.8 Å². The third-order valence-corrected chi connectivity index (χ3v) is 8.01. The van der Waals surface area contributed by atoms with E-state index >= 15 is 0 Å². The predicted molar refractivity (Wildman–Crippen MR) is 123 cm³/mol. The molecular weight excluding hydrogens is 458 g/mol. The zero-order valence-electron chi connectivity index (χ0n) is 19.8. The van der Waals surface area contributed by atoms with E-state index in [1.54, 1.807) is 4.90 Å². The summed E-state index contributed by atoms with van der Waals surface area (Å²) in [6, 6.07) is 2.92. The van der Waals surface area contributed by atoms with E-state index in [-0.39, 0.29) is 46.7 Å². The molecule has 3 aliphatic rings. The Balaban J connectivity index is 1.42. The Kier molecular flexibility index (Phi) is 5.98. The van der Waals surface area contributed by atoms with Crippen LogP contribution in [0.4, 0.5) is 8.78 Å². The van der Waals surface area contributed by atoms with Crippen LogP contribution in [0.5, 0.6) is 5.88 Å². The summed E-state index contributed by atoms with van der Waals surface area (Å²) in [6.07, 6.45) is 2.08. The van der Waals surface area contributed by atoms with Crippen LogP contribution in [-0.2, 0) is 4.79 Å². The Labute approximate surface area is 202 Å². The summed E-state index contributed by atoms with van der Waals surface area (Å²) >= 11 is 0. The van der Waals surface area contributed by atoms with Gasteiger partial charge in [-0.15, -0.1) is 0 Å². The molecule has 1 aliphatic carbocycles. The number of nitrogens with zero attached hydrogens (tertiary/aromatic N) is 4. The molecule has 2 saturated heterocycles. The molecule has 0 bridgehead atoms. The number of carbonyl (C=O) groups is 2. The molecule has 3 fully saturated rings. The van der Waals surface area contributed by atoms with Crippen LogP contribution in [-0.4, -0.2) is 82.3 Å². The van der Waals surface area contributed by atoms with Crippen molar-refractivity contribution in [2.24, 2.45) is 23.5 Å². The van der Waals surface area contributed by atoms with Gasteiger partial charge < -0.3 is 20.3 Å². The zero-order valence-corrected chi connectivity index (χ0v) is 19.8. The van der Waals surface area contributed by atoms with Gasteiger partial charge in [-0.25, -0.2) is 13.8 Å². The summed E-state index contributed by atoms with van der Waals surface area (Å²) in [7, 11) is 3.40. The van der Waals surface area contributed by atoms with Gasteiger partial charge in [0.2, 0.25) is 11.8 Å². The number of carbonyl (C=O) groups excluding carboxylic acids is 2. The third-order valence-electron chi connectivity index (χ3n) is 8.01. The number of piperidine rings is 2. The number of alkyl halides is 1. The van der Waals surface area contributed by atoms with Gasteiger partial charge in [-0.1, -0.05) is 0 Å². The molecule has 9 nitrogen and oxygen atoms in total. The summed E-state index contributed by atoms with van der Waals surface area (Å²) in [5.41, 5.74) is 5.65. The molecule has 0 aromatic carbocycles. The summed E-state index contributed by atoms with van der Waals surface area (Å²) in [5.74, 6) is -1.66. The second kappa shape index (κ2) is 8.85. The summed E-state index contributed by atoms with van der Waals surface area (Å²) in [6.45, 7) is 1.66. The minimum absolute atomic E-state index is 0.0494. The van der Waals surface area contributed by atoms with Crippen LogP contribution in [0.2, 0.25) is 0 Å². The molecule has 2 amide bonds. The van der Waals surface area contributed by atoms with Crippen molar-refractivity contribution >= 4 is 11.8 Å². The number of ether oxygens (including phenoxy) is 1. The monoisotopic (exact) mass is 488 g/mol. The van der Waals surface area contributed by atoms with Crippen molar-refractivity contribution in [1.82, 2.24) is 25.0 Å². The number of H-pyrrole nitrogens is 1. The van der Waals surface area contributed by atoms with Crippen LogP contribution in [0, 0.1) is 23.6 Å². The maximum atomic E-state index is 15.0. The number of nitrogens with two attached hydrogens (primary N) is 1. The Morgan fingerprint density at radius 3 is 2.80 bits per heavy atom. The fraction of sp³-hybridized carbons (Fsp3) is 0.583. The van der Waals surface area contributed by atoms with Crippen molar-refractivity contribution < 1.29 is 23.1 Å². The van der Waals surface area contributed by atoms with Crippen molar-refractivity contribution in [3.8, 4) is 17.1 Å². The highest BCUT2D eigenvalue weighted by Crippen LogP contribution is 2.60. The number of nitrogens with one attached hydrogen (secondary N) is 1. The summed E-state index contributed by atoms with van der Waals surface area (Å²) in [5, 5.41) is 6.89. The molecule has 1 saturated carbocycles. The smallest absolute Gasteiger partial charge is 0.274 e. The molecule has 5 rings (SSSR count). The maximum Gasteiger partial charge on any atom is 0.274 e. The molecule has 2 aliphatic heterocycles. The first kappa shape index (κ1) is 23.7. The quantitative estimate of drug-likeness (QED) is 0.665. The lowest BCUT2D eigenvalue weighted by molar-refractivity contribution is -0.124. The molecule has 3 N–H and O–H groups in total. The molecule has 2 aromatic heterocycles. The average molecular weight is 489 g/mol. The van der Waals surface area contributed by atoms with E-state index in [0.717, 1.165) is 6.20 Å². The van der Waals surface area contributed by atoms with E-state index in [0.29, 0.717) is 51.0 Å². The van der Waals surface area contributed by atoms with Crippen molar-refractivity contribution in [2.75, 3.05) is 33.8 Å². The summed E-state index contributed by atoms with van der Waals surface area (Å²) < 4.78 is 34.4. The fourth-order valence-electron chi connectivity index (χ4n) is 6.06. The molecule has 2 aromatic rings. The first-order valence-corrected chi connectivity index (χ1v) is 11.9. The molecule has 4 heterocycles. The molecule has 188 valence electrons. The van der Waals surface area contributed by atoms with Crippen LogP contribution in [0.3, 0.4) is 0 Å². The average Bonchev–Trinajstić information content (AvgIpc) is 3.31. The van der Waals surface area contributed by atoms with Gasteiger partial charge in [0.15, 0.2) is 11.5 Å². The maximum absolute atomic E-state index is 15.0. The number of aromatic amines is 1. The van der Waals surface area contributed by atoms with Gasteiger partial charge >= 0.3 is 0 Å². The number of hydrogen-bond donors (Lipinski definition) is 2. The van der Waals surface area contributed by atoms with Gasteiger partial charge in [-0.3, -0.25) is 14.7 Å². The second-order valence-electron chi connectivity index (χ2n) is 10.1. The molecule has 11 heteroatoms. The number of hydrogen-bond acceptors (Lipinski definition) is 6. The van der Waals surface area contributed by atoms with E-state index in [2.05, 4.69) is 20.1 Å². The topological polar surface area (TPSA) is 117 Å². The number of likely N-dealkylation sites (tertiary alicyclic amines) is 2. The van der Waals surface area contributed by atoms with Crippen LogP contribution in [0.15, 0.2) is 18.3 Å². The lowest BCUT2D eigenvalue weighted by Crippen LogP contribution is -2.53. The number of methoxy groups -OCH3 is 1. The highest BCUT2D eigenvalue weighted by Gasteiger charge is 2.65. The lowest BCUT2D eigenvalue weighted by Gasteiger charge is -2.42. The molecule has 3 unspecified atom stereocenters. The van der Waals surface area contributed by atoms with Crippen molar-refractivity contribution in [2.45, 2.75) is 37.4 Å². The van der Waals surface area contributed by atoms with E-state index in [4.69, 9.17) is 10.5 Å². The van der Waals surface area contributed by atoms with Gasteiger partial charge in [0, 0.05) is 48.6 Å². The minimum atomic E-state index is -0.942. The highest BCUT2D eigenvalue weighted by molar-refractivity contribution is 5.94. The first-order valence-electron chi connectivity index (χ1n) is 11.9. The number of rotatable bonds is 5. The zero-order chi connectivity index (χ0) is 24.9. The van der Waals surface area contributed by atoms with Gasteiger partial charge in [-0.05, 0) is 44.7 Å². The van der Waals surface area contributed by atoms with Crippen LogP contribution < -0.4 is 10.5 Å². The van der Waals surface area contributed by atoms with E-state index < -0.39 is 17.5 Å². The minimum Gasteiger partial charge on any atom is -0.481 e. The standard InChI is InChI=1S/C24H30F2N6O3/c1-31-5-4-17(25)15(12-31)16-10-24(16)9-13(22(27)33)3-6-32(24)23(34)20-8-19(29-30-20)14-7-21(35-2)28-11-18(14)26/h7-8,11,13,15-17H,3-6,9-10,12H2,1-2H3,(H2,27,33)(H,29,30)/t13?,15-,16?,17-,24?/m1/s1. The SMILES string of the molecule is COc1cc(-c2cc(C(=O)N3CCC(C(N)=O)CC34CC4[C@H]3CN(C)CC[C@H]3F)n[nH]2)c(F)cn1. The van der Waals surface area contributed by atoms with Gasteiger partial charge in [0.25, 0.3) is 5.91 Å². The Bertz CT molecular complexity index is 1140. The Morgan fingerprint density at radius 2 is 2.06 bits per heavy atom. The van der Waals surface area contributed by atoms with Crippen LogP contribution >= 0.6 is 0 Å². The Morgan fingerprint density at radius 1 is 1.26 bits per heavy atom. The second-order valence-corrected chi connectivity index (χ2v) is 10.1. The normalized spacial score (nSPS) is 30.9. The number of halogens is 2. The number of pyridine rings is 1. The molecule has 1 spiro atoms. The van der Waals surface area contributed by atoms with Crippen LogP contribution in [0.1, 0.15) is 36.2 Å². The largest absolute Gasteiger partial charge is 0.481 e. The molecule has 35 heavy (non-hydrogen) atoms. The molecule has 5 atom stereocenters. The Hall–Kier alpha value is -3.08. The highest BCUT2D eigenvalue weighted by atomic mass is 19.1. The van der Waals surface area contributed by atoms with Gasteiger partial charge in [0.05, 0.1) is 19.0 Å². The van der Waals surface area contributed by atoms with Crippen LogP contribution in [0.25, 0.3) is 11.3 Å². The van der Waals surface area contributed by atoms with E-state index in [9.17, 15) is 18.4 Å². The number of amides is 2. The van der Waals surface area contributed by atoms with Crippen molar-refractivity contribution in [1.29, 1.82) is 0 Å². The first-order chi connectivity index (χ1) is 16.7. The van der Waals surface area contributed by atoms with E-state index in [1.807, 2.05) is 7.05 Å². The number of aromatic nitrogens is 3. The number of primary amides is 1. The van der Waals surface area contributed by atoms with E-state index in [1.165, 1.54) is 19.2 Å². The van der Waals surface area contributed by atoms with Gasteiger partial charge in [0.1, 0.15) is 6.17 Å².